The third-order valence-electron chi connectivity index (χ3n) is 1.50. The zero-order valence-electron chi connectivity index (χ0n) is 7.42. The monoisotopic (exact) mass is 319 g/mol. The van der Waals surface area contributed by atoms with Gasteiger partial charge in [0.25, 0.3) is 5.91 Å². The van der Waals surface area contributed by atoms with Crippen LogP contribution in [0.3, 0.4) is 0 Å². The molecule has 1 aromatic carbocycles. The summed E-state index contributed by atoms with van der Waals surface area (Å²) < 4.78 is 0. The van der Waals surface area contributed by atoms with Crippen LogP contribution in [0.1, 0.15) is 10.4 Å². The van der Waals surface area contributed by atoms with Gasteiger partial charge in [-0.25, -0.2) is 0 Å². The Morgan fingerprint density at radius 1 is 1.27 bits per heavy atom. The number of benzene rings is 1. The topological polar surface area (TPSA) is 69.2 Å². The van der Waals surface area contributed by atoms with E-state index in [0.29, 0.717) is 10.6 Å². The summed E-state index contributed by atoms with van der Waals surface area (Å²) in [6.07, 6.45) is 0. The fraction of sp³-hybridized carbons (Fsp3) is 0.111. The van der Waals surface area contributed by atoms with Crippen molar-refractivity contribution >= 4 is 23.5 Å². The Morgan fingerprint density at radius 3 is 2.27 bits per heavy atom. The van der Waals surface area contributed by atoms with E-state index in [2.05, 4.69) is 5.32 Å². The van der Waals surface area contributed by atoms with E-state index < -0.39 is 18.4 Å². The van der Waals surface area contributed by atoms with Crippen LogP contribution < -0.4 is 10.4 Å². The van der Waals surface area contributed by atoms with Gasteiger partial charge >= 0.3 is 22.4 Å². The molecule has 1 rings (SSSR count). The molecule has 15 heavy (non-hydrogen) atoms. The SMILES string of the molecule is O=C([O-])CNC(=O)c1ccc(Cl)cc1.[Ag+]. The van der Waals surface area contributed by atoms with Crippen LogP contribution >= 0.6 is 11.6 Å². The van der Waals surface area contributed by atoms with E-state index in [-0.39, 0.29) is 22.4 Å². The first-order valence-electron chi connectivity index (χ1n) is 3.83. The van der Waals surface area contributed by atoms with Gasteiger partial charge in [-0.05, 0) is 24.3 Å². The second-order valence-electron chi connectivity index (χ2n) is 2.56. The first-order valence-corrected chi connectivity index (χ1v) is 4.21. The van der Waals surface area contributed by atoms with Crippen LogP contribution in [0, 0.1) is 0 Å². The number of carbonyl (C=O) groups excluding carboxylic acids is 2. The number of halogens is 1. The Bertz CT molecular complexity index is 353. The van der Waals surface area contributed by atoms with Crippen LogP contribution in [0.5, 0.6) is 0 Å². The normalized spacial score (nSPS) is 8.87. The summed E-state index contributed by atoms with van der Waals surface area (Å²) in [4.78, 5) is 21.3. The van der Waals surface area contributed by atoms with E-state index in [1.807, 2.05) is 0 Å². The number of carbonyl (C=O) groups is 2. The Kier molecular flexibility index (Phi) is 6.27. The van der Waals surface area contributed by atoms with Crippen molar-refractivity contribution in [3.63, 3.8) is 0 Å². The van der Waals surface area contributed by atoms with Crippen molar-refractivity contribution < 1.29 is 37.1 Å². The van der Waals surface area contributed by atoms with Crippen LogP contribution in [0.25, 0.3) is 0 Å². The number of hydrogen-bond acceptors (Lipinski definition) is 3. The minimum Gasteiger partial charge on any atom is -0.548 e. The Hall–Kier alpha value is -0.810. The molecule has 0 spiro atoms. The Balaban J connectivity index is 0.00000196. The van der Waals surface area contributed by atoms with Gasteiger partial charge in [0.2, 0.25) is 0 Å². The molecule has 1 aromatic rings. The van der Waals surface area contributed by atoms with Crippen molar-refractivity contribution in [2.24, 2.45) is 0 Å². The summed E-state index contributed by atoms with van der Waals surface area (Å²) in [5.41, 5.74) is 0.357. The predicted molar refractivity (Wildman–Crippen MR) is 48.8 cm³/mol. The minimum atomic E-state index is -1.33. The van der Waals surface area contributed by atoms with Crippen LogP contribution in [-0.4, -0.2) is 18.4 Å². The first kappa shape index (κ1) is 14.2. The fourth-order valence-electron chi connectivity index (χ4n) is 0.856. The number of aliphatic carboxylic acids is 1. The van der Waals surface area contributed by atoms with Crippen molar-refractivity contribution in [3.05, 3.63) is 34.9 Å². The van der Waals surface area contributed by atoms with Crippen molar-refractivity contribution in [1.82, 2.24) is 5.32 Å². The molecule has 1 amide bonds. The Labute approximate surface area is 107 Å². The zero-order valence-corrected chi connectivity index (χ0v) is 9.66. The van der Waals surface area contributed by atoms with E-state index in [1.54, 1.807) is 12.1 Å². The molecule has 0 aliphatic rings. The molecule has 0 radical (unpaired) electrons. The smallest absolute Gasteiger partial charge is 0.548 e. The number of nitrogens with one attached hydrogen (secondary N) is 1. The maximum absolute atomic E-state index is 11.2. The second kappa shape index (κ2) is 6.63. The van der Waals surface area contributed by atoms with Gasteiger partial charge in [-0.1, -0.05) is 11.6 Å². The van der Waals surface area contributed by atoms with Gasteiger partial charge in [-0.2, -0.15) is 0 Å². The minimum absolute atomic E-state index is 0. The largest absolute Gasteiger partial charge is 1.00 e. The summed E-state index contributed by atoms with van der Waals surface area (Å²) in [5.74, 6) is -1.79. The molecular weight excluding hydrogens is 313 g/mol. The molecule has 0 aromatic heterocycles. The molecule has 0 unspecified atom stereocenters. The van der Waals surface area contributed by atoms with E-state index in [0.717, 1.165) is 0 Å². The molecule has 84 valence electrons. The standard InChI is InChI=1S/C9H8ClNO3.Ag/c10-7-3-1-6(2-4-7)9(14)11-5-8(12)13;/h1-4H,5H2,(H,11,14)(H,12,13);/q;+1/p-1. The molecule has 0 atom stereocenters. The molecular formula is C9H7AgClNO3. The molecule has 0 aliphatic heterocycles. The number of rotatable bonds is 3. The van der Waals surface area contributed by atoms with Gasteiger partial charge in [-0.15, -0.1) is 0 Å². The van der Waals surface area contributed by atoms with Crippen molar-refractivity contribution in [1.29, 1.82) is 0 Å². The van der Waals surface area contributed by atoms with E-state index in [1.165, 1.54) is 12.1 Å². The average Bonchev–Trinajstić information content (AvgIpc) is 2.15. The molecule has 0 heterocycles. The first-order chi connectivity index (χ1) is 6.59. The zero-order chi connectivity index (χ0) is 10.6. The molecule has 6 heteroatoms. The van der Waals surface area contributed by atoms with Gasteiger partial charge in [0.05, 0.1) is 12.5 Å². The van der Waals surface area contributed by atoms with E-state index >= 15 is 0 Å². The summed E-state index contributed by atoms with van der Waals surface area (Å²) in [6.45, 7) is -0.499. The maximum Gasteiger partial charge on any atom is 1.00 e. The number of carboxylic acid groups (broad SMARTS) is 1. The predicted octanol–water partition coefficient (Wildman–Crippen LogP) is -0.183. The second-order valence-corrected chi connectivity index (χ2v) is 3.00. The molecule has 1 N–H and O–H groups in total. The molecule has 0 saturated heterocycles. The fourth-order valence-corrected chi connectivity index (χ4v) is 0.982. The van der Waals surface area contributed by atoms with Crippen molar-refractivity contribution in [3.8, 4) is 0 Å². The molecule has 0 aliphatic carbocycles. The van der Waals surface area contributed by atoms with Gasteiger partial charge in [0, 0.05) is 10.6 Å². The molecule has 0 saturated carbocycles. The molecule has 0 bridgehead atoms. The van der Waals surface area contributed by atoms with Crippen LogP contribution in [-0.2, 0) is 27.2 Å². The third-order valence-corrected chi connectivity index (χ3v) is 1.75. The number of hydrogen-bond donors (Lipinski definition) is 1. The van der Waals surface area contributed by atoms with Crippen LogP contribution in [0.2, 0.25) is 5.02 Å². The van der Waals surface area contributed by atoms with Crippen molar-refractivity contribution in [2.45, 2.75) is 0 Å². The van der Waals surface area contributed by atoms with Gasteiger partial charge in [0.1, 0.15) is 0 Å². The van der Waals surface area contributed by atoms with Crippen molar-refractivity contribution in [2.75, 3.05) is 6.54 Å². The van der Waals surface area contributed by atoms with Crippen LogP contribution in [0.4, 0.5) is 0 Å². The number of amides is 1. The average molecular weight is 320 g/mol. The van der Waals surface area contributed by atoms with Gasteiger partial charge < -0.3 is 15.2 Å². The van der Waals surface area contributed by atoms with Gasteiger partial charge in [0.15, 0.2) is 0 Å². The molecule has 0 fully saturated rings. The van der Waals surface area contributed by atoms with Gasteiger partial charge in [-0.3, -0.25) is 4.79 Å². The Morgan fingerprint density at radius 2 is 1.80 bits per heavy atom. The summed E-state index contributed by atoms with van der Waals surface area (Å²) >= 11 is 5.61. The third kappa shape index (κ3) is 4.99. The summed E-state index contributed by atoms with van der Waals surface area (Å²) in [6, 6.07) is 6.12. The quantitative estimate of drug-likeness (QED) is 0.786. The van der Waals surface area contributed by atoms with Crippen LogP contribution in [0.15, 0.2) is 24.3 Å². The van der Waals surface area contributed by atoms with E-state index in [9.17, 15) is 14.7 Å². The molecule has 4 nitrogen and oxygen atoms in total. The van der Waals surface area contributed by atoms with E-state index in [4.69, 9.17) is 11.6 Å². The maximum atomic E-state index is 11.2. The summed E-state index contributed by atoms with van der Waals surface area (Å²) in [5, 5.41) is 12.7. The number of carboxylic acids is 1. The summed E-state index contributed by atoms with van der Waals surface area (Å²) in [7, 11) is 0.